The van der Waals surface area contributed by atoms with Gasteiger partial charge in [0.1, 0.15) is 21.6 Å². The number of halogens is 1. The van der Waals surface area contributed by atoms with Gasteiger partial charge >= 0.3 is 0 Å². The summed E-state index contributed by atoms with van der Waals surface area (Å²) in [6.07, 6.45) is 1.19. The molecule has 1 N–H and O–H groups in total. The van der Waals surface area contributed by atoms with Crippen molar-refractivity contribution in [3.8, 4) is 11.5 Å². The second-order valence-corrected chi connectivity index (χ2v) is 6.11. The van der Waals surface area contributed by atoms with Crippen LogP contribution in [0.5, 0.6) is 11.5 Å². The van der Waals surface area contributed by atoms with Gasteiger partial charge in [0, 0.05) is 18.4 Å². The maximum absolute atomic E-state index is 11.1. The quantitative estimate of drug-likeness (QED) is 0.923. The van der Waals surface area contributed by atoms with Gasteiger partial charge in [-0.05, 0) is 39.2 Å². The zero-order valence-corrected chi connectivity index (χ0v) is 13.6. The molecule has 0 saturated carbocycles. The van der Waals surface area contributed by atoms with E-state index in [2.05, 4.69) is 28.1 Å². The van der Waals surface area contributed by atoms with Crippen molar-refractivity contribution >= 4 is 15.9 Å². The molecule has 0 aromatic heterocycles. The molecule has 0 spiro atoms. The number of aliphatic hydroxyl groups is 1. The van der Waals surface area contributed by atoms with Crippen molar-refractivity contribution in [1.82, 2.24) is 0 Å². The summed E-state index contributed by atoms with van der Waals surface area (Å²) >= 11 is 3.50. The van der Waals surface area contributed by atoms with Crippen LogP contribution in [0.15, 0.2) is 40.9 Å². The molecule has 0 saturated heterocycles. The molecular weight excluding hydrogens is 332 g/mol. The lowest BCUT2D eigenvalue weighted by Gasteiger charge is -2.26. The van der Waals surface area contributed by atoms with Gasteiger partial charge in [-0.15, -0.1) is 0 Å². The Balaban J connectivity index is 2.08. The molecule has 3 rings (SSSR count). The summed E-state index contributed by atoms with van der Waals surface area (Å²) in [5, 5.41) is 11.1. The smallest absolute Gasteiger partial charge is 0.142 e. The predicted octanol–water partition coefficient (Wildman–Crippen LogP) is 3.45. The normalized spacial score (nSPS) is 15.6. The number of rotatable bonds is 3. The third-order valence-corrected chi connectivity index (χ3v) is 4.82. The van der Waals surface area contributed by atoms with Crippen LogP contribution in [0.3, 0.4) is 0 Å². The monoisotopic (exact) mass is 348 g/mol. The van der Waals surface area contributed by atoms with Gasteiger partial charge in [0.05, 0.1) is 14.2 Å². The molecule has 21 heavy (non-hydrogen) atoms. The van der Waals surface area contributed by atoms with Crippen LogP contribution in [-0.4, -0.2) is 19.3 Å². The molecule has 0 amide bonds. The van der Waals surface area contributed by atoms with E-state index in [0.29, 0.717) is 24.3 Å². The molecule has 0 fully saturated rings. The van der Waals surface area contributed by atoms with E-state index in [1.54, 1.807) is 14.2 Å². The summed E-state index contributed by atoms with van der Waals surface area (Å²) in [4.78, 5) is 0. The minimum atomic E-state index is -0.941. The number of benzene rings is 2. The van der Waals surface area contributed by atoms with Crippen LogP contribution in [0.4, 0.5) is 0 Å². The fourth-order valence-corrected chi connectivity index (χ4v) is 3.72. The Hall–Kier alpha value is -1.52. The second kappa shape index (κ2) is 5.35. The van der Waals surface area contributed by atoms with Crippen molar-refractivity contribution < 1.29 is 14.6 Å². The van der Waals surface area contributed by atoms with Crippen molar-refractivity contribution in [3.05, 3.63) is 57.6 Å². The van der Waals surface area contributed by atoms with Crippen LogP contribution in [0.1, 0.15) is 16.7 Å². The predicted molar refractivity (Wildman–Crippen MR) is 85.0 cm³/mol. The van der Waals surface area contributed by atoms with Gasteiger partial charge in [0.2, 0.25) is 0 Å². The fourth-order valence-electron chi connectivity index (χ4n) is 3.05. The van der Waals surface area contributed by atoms with E-state index < -0.39 is 5.60 Å². The Morgan fingerprint density at radius 2 is 1.62 bits per heavy atom. The number of hydrogen-bond acceptors (Lipinski definition) is 3. The lowest BCUT2D eigenvalue weighted by Crippen LogP contribution is -2.27. The molecular formula is C17H17BrO3. The van der Waals surface area contributed by atoms with Crippen LogP contribution in [0.25, 0.3) is 0 Å². The molecule has 0 unspecified atom stereocenters. The molecule has 0 bridgehead atoms. The van der Waals surface area contributed by atoms with E-state index in [0.717, 1.165) is 10.0 Å². The second-order valence-electron chi connectivity index (χ2n) is 5.32. The van der Waals surface area contributed by atoms with Gasteiger partial charge in [0.25, 0.3) is 0 Å². The van der Waals surface area contributed by atoms with Crippen molar-refractivity contribution in [3.63, 3.8) is 0 Å². The first-order chi connectivity index (χ1) is 10.1. The molecule has 1 aliphatic carbocycles. The highest BCUT2D eigenvalue weighted by molar-refractivity contribution is 9.10. The first-order valence-electron chi connectivity index (χ1n) is 6.79. The molecule has 2 aromatic carbocycles. The van der Waals surface area contributed by atoms with Crippen molar-refractivity contribution in [2.24, 2.45) is 0 Å². The van der Waals surface area contributed by atoms with Crippen LogP contribution < -0.4 is 9.47 Å². The van der Waals surface area contributed by atoms with E-state index in [9.17, 15) is 5.11 Å². The van der Waals surface area contributed by atoms with Crippen molar-refractivity contribution in [2.75, 3.05) is 14.2 Å². The van der Waals surface area contributed by atoms with E-state index in [4.69, 9.17) is 9.47 Å². The number of methoxy groups -OCH3 is 2. The molecule has 0 aliphatic heterocycles. The minimum absolute atomic E-state index is 0.596. The summed E-state index contributed by atoms with van der Waals surface area (Å²) in [7, 11) is 3.22. The maximum Gasteiger partial charge on any atom is 0.142 e. The van der Waals surface area contributed by atoms with Crippen LogP contribution >= 0.6 is 15.9 Å². The Morgan fingerprint density at radius 1 is 1.00 bits per heavy atom. The van der Waals surface area contributed by atoms with Gasteiger partial charge < -0.3 is 14.6 Å². The first kappa shape index (κ1) is 14.4. The average molecular weight is 349 g/mol. The Kier molecular flexibility index (Phi) is 3.68. The van der Waals surface area contributed by atoms with E-state index in [1.165, 1.54) is 11.1 Å². The van der Waals surface area contributed by atoms with Gasteiger partial charge in [-0.3, -0.25) is 0 Å². The number of hydrogen-bond donors (Lipinski definition) is 1. The number of ether oxygens (including phenoxy) is 2. The standard InChI is InChI=1S/C17H17BrO3/c1-20-14-8-7-13(16(21-2)15(14)18)17(19)9-11-5-3-4-6-12(11)10-17/h3-8,19H,9-10H2,1-2H3. The molecule has 3 nitrogen and oxygen atoms in total. The van der Waals surface area contributed by atoms with Crippen molar-refractivity contribution in [2.45, 2.75) is 18.4 Å². The summed E-state index contributed by atoms with van der Waals surface area (Å²) in [5.41, 5.74) is 2.22. The summed E-state index contributed by atoms with van der Waals surface area (Å²) in [6, 6.07) is 11.9. The molecule has 4 heteroatoms. The van der Waals surface area contributed by atoms with Gasteiger partial charge in [-0.1, -0.05) is 24.3 Å². The molecule has 1 aliphatic rings. The minimum Gasteiger partial charge on any atom is -0.495 e. The van der Waals surface area contributed by atoms with Gasteiger partial charge in [0.15, 0.2) is 0 Å². The molecule has 110 valence electrons. The number of fused-ring (bicyclic) bond motifs is 1. The topological polar surface area (TPSA) is 38.7 Å². The van der Waals surface area contributed by atoms with Crippen molar-refractivity contribution in [1.29, 1.82) is 0 Å². The van der Waals surface area contributed by atoms with Crippen LogP contribution in [-0.2, 0) is 18.4 Å². The highest BCUT2D eigenvalue weighted by Gasteiger charge is 2.39. The van der Waals surface area contributed by atoms with Crippen LogP contribution in [0, 0.1) is 0 Å². The fraction of sp³-hybridized carbons (Fsp3) is 0.294. The Morgan fingerprint density at radius 3 is 2.14 bits per heavy atom. The molecule has 2 aromatic rings. The molecule has 0 radical (unpaired) electrons. The molecule has 0 atom stereocenters. The highest BCUT2D eigenvalue weighted by Crippen LogP contribution is 2.46. The SMILES string of the molecule is COc1ccc(C2(O)Cc3ccccc3C2)c(OC)c1Br. The third kappa shape index (κ3) is 2.32. The highest BCUT2D eigenvalue weighted by atomic mass is 79.9. The summed E-state index contributed by atoms with van der Waals surface area (Å²) in [6.45, 7) is 0. The van der Waals surface area contributed by atoms with E-state index in [-0.39, 0.29) is 0 Å². The molecule has 0 heterocycles. The van der Waals surface area contributed by atoms with E-state index in [1.807, 2.05) is 24.3 Å². The van der Waals surface area contributed by atoms with Gasteiger partial charge in [-0.2, -0.15) is 0 Å². The summed E-state index contributed by atoms with van der Waals surface area (Å²) < 4.78 is 11.5. The Labute approximate surface area is 132 Å². The average Bonchev–Trinajstić information content (AvgIpc) is 2.84. The van der Waals surface area contributed by atoms with E-state index >= 15 is 0 Å². The zero-order chi connectivity index (χ0) is 15.0. The van der Waals surface area contributed by atoms with Crippen LogP contribution in [0.2, 0.25) is 0 Å². The summed E-state index contributed by atoms with van der Waals surface area (Å²) in [5.74, 6) is 1.32. The van der Waals surface area contributed by atoms with Gasteiger partial charge in [-0.25, -0.2) is 0 Å². The first-order valence-corrected chi connectivity index (χ1v) is 7.58. The largest absolute Gasteiger partial charge is 0.495 e. The third-order valence-electron chi connectivity index (χ3n) is 4.07. The zero-order valence-electron chi connectivity index (χ0n) is 12.0. The maximum atomic E-state index is 11.1. The lowest BCUT2D eigenvalue weighted by molar-refractivity contribution is 0.0455. The Bertz CT molecular complexity index is 657. The lowest BCUT2D eigenvalue weighted by atomic mass is 9.90.